The second kappa shape index (κ2) is 9.69. The molecule has 0 aliphatic rings. The highest BCUT2D eigenvalue weighted by Crippen LogP contribution is 2.28. The summed E-state index contributed by atoms with van der Waals surface area (Å²) in [6.45, 7) is 3.71. The number of carbonyl (C=O) groups is 3. The number of benzene rings is 2. The first-order valence-corrected chi connectivity index (χ1v) is 10.1. The van der Waals surface area contributed by atoms with Crippen molar-refractivity contribution in [2.75, 3.05) is 0 Å². The summed E-state index contributed by atoms with van der Waals surface area (Å²) in [6.07, 6.45) is 0.164. The van der Waals surface area contributed by atoms with Crippen LogP contribution in [0.1, 0.15) is 42.6 Å². The van der Waals surface area contributed by atoms with E-state index in [2.05, 4.69) is 15.9 Å². The zero-order valence-corrected chi connectivity index (χ0v) is 18.1. The van der Waals surface area contributed by atoms with Crippen molar-refractivity contribution in [2.45, 2.75) is 44.7 Å². The fraction of sp³-hybridized carbons (Fsp3) is 0.318. The van der Waals surface area contributed by atoms with Crippen LogP contribution in [0.5, 0.6) is 0 Å². The van der Waals surface area contributed by atoms with Gasteiger partial charge in [-0.25, -0.2) is 0 Å². The summed E-state index contributed by atoms with van der Waals surface area (Å²) in [5.41, 5.74) is 6.22. The van der Waals surface area contributed by atoms with E-state index in [1.807, 2.05) is 44.2 Å². The fourth-order valence-electron chi connectivity index (χ4n) is 3.41. The van der Waals surface area contributed by atoms with Gasteiger partial charge in [0.1, 0.15) is 6.04 Å². The lowest BCUT2D eigenvalue weighted by Gasteiger charge is -2.43. The Hall–Kier alpha value is -2.67. The van der Waals surface area contributed by atoms with Gasteiger partial charge in [-0.1, -0.05) is 46.3 Å². The Morgan fingerprint density at radius 2 is 1.66 bits per heavy atom. The van der Waals surface area contributed by atoms with Gasteiger partial charge in [0.2, 0.25) is 5.91 Å². The number of carboxylic acid groups (broad SMARTS) is 1. The van der Waals surface area contributed by atoms with Crippen LogP contribution < -0.4 is 5.73 Å². The summed E-state index contributed by atoms with van der Waals surface area (Å²) in [6, 6.07) is 15.4. The zero-order chi connectivity index (χ0) is 21.6. The maximum absolute atomic E-state index is 13.4. The average Bonchev–Trinajstić information content (AvgIpc) is 2.65. The van der Waals surface area contributed by atoms with E-state index in [0.717, 1.165) is 10.0 Å². The molecule has 2 aromatic rings. The number of primary amides is 1. The van der Waals surface area contributed by atoms with Crippen molar-refractivity contribution >= 4 is 33.7 Å². The monoisotopic (exact) mass is 460 g/mol. The van der Waals surface area contributed by atoms with Crippen LogP contribution in [0, 0.1) is 0 Å². The van der Waals surface area contributed by atoms with E-state index in [1.54, 1.807) is 24.3 Å². The molecule has 2 amide bonds. The molecular weight excluding hydrogens is 436 g/mol. The van der Waals surface area contributed by atoms with Crippen LogP contribution in [0.3, 0.4) is 0 Å². The summed E-state index contributed by atoms with van der Waals surface area (Å²) >= 11 is 3.34. The predicted molar refractivity (Wildman–Crippen MR) is 114 cm³/mol. The second-order valence-corrected chi connectivity index (χ2v) is 8.42. The minimum absolute atomic E-state index is 0.0504. The lowest BCUT2D eigenvalue weighted by molar-refractivity contribution is -0.137. The molecule has 0 saturated carbocycles. The van der Waals surface area contributed by atoms with Crippen LogP contribution in [0.4, 0.5) is 0 Å². The molecule has 0 bridgehead atoms. The largest absolute Gasteiger partial charge is 0.481 e. The maximum atomic E-state index is 13.4. The Balaban J connectivity index is 2.47. The predicted octanol–water partition coefficient (Wildman–Crippen LogP) is 3.63. The van der Waals surface area contributed by atoms with E-state index in [1.165, 1.54) is 4.90 Å². The molecule has 0 radical (unpaired) electrons. The number of amides is 2. The first-order chi connectivity index (χ1) is 13.6. The van der Waals surface area contributed by atoms with Crippen molar-refractivity contribution < 1.29 is 19.5 Å². The smallest absolute Gasteiger partial charge is 0.303 e. The van der Waals surface area contributed by atoms with Crippen LogP contribution in [0.25, 0.3) is 0 Å². The van der Waals surface area contributed by atoms with Gasteiger partial charge in [0.05, 0.1) is 0 Å². The van der Waals surface area contributed by atoms with Crippen LogP contribution in [0.15, 0.2) is 59.1 Å². The fourth-order valence-corrected chi connectivity index (χ4v) is 3.67. The van der Waals surface area contributed by atoms with Crippen molar-refractivity contribution in [3.8, 4) is 0 Å². The molecule has 1 atom stereocenters. The number of carbonyl (C=O) groups excluding carboxylic acids is 2. The third-order valence-electron chi connectivity index (χ3n) is 4.71. The van der Waals surface area contributed by atoms with Crippen molar-refractivity contribution in [3.63, 3.8) is 0 Å². The minimum Gasteiger partial charge on any atom is -0.481 e. The van der Waals surface area contributed by atoms with E-state index in [9.17, 15) is 14.4 Å². The Morgan fingerprint density at radius 1 is 1.07 bits per heavy atom. The molecule has 6 nitrogen and oxygen atoms in total. The van der Waals surface area contributed by atoms with Crippen LogP contribution >= 0.6 is 15.9 Å². The molecule has 0 unspecified atom stereocenters. The highest BCUT2D eigenvalue weighted by molar-refractivity contribution is 9.10. The standard InChI is InChI=1S/C22H25BrN2O4/c1-22(2,14-15-6-4-3-5-7-15)25(18(20(24)28)12-13-19(26)27)21(29)16-8-10-17(23)11-9-16/h3-11,18H,12-14H2,1-2H3,(H2,24,28)(H,26,27)/t18-/m0/s1. The third kappa shape index (κ3) is 6.15. The molecule has 0 fully saturated rings. The van der Waals surface area contributed by atoms with E-state index in [-0.39, 0.29) is 18.7 Å². The molecule has 29 heavy (non-hydrogen) atoms. The van der Waals surface area contributed by atoms with E-state index in [0.29, 0.717) is 12.0 Å². The topological polar surface area (TPSA) is 101 Å². The Bertz CT molecular complexity index is 866. The maximum Gasteiger partial charge on any atom is 0.303 e. The SMILES string of the molecule is CC(C)(Cc1ccccc1)N(C(=O)c1ccc(Br)cc1)[C@@H](CCC(=O)O)C(N)=O. The summed E-state index contributed by atoms with van der Waals surface area (Å²) in [7, 11) is 0. The number of aliphatic carboxylic acids is 1. The van der Waals surface area contributed by atoms with Gasteiger partial charge in [-0.3, -0.25) is 14.4 Å². The van der Waals surface area contributed by atoms with Crippen molar-refractivity contribution in [2.24, 2.45) is 5.73 Å². The highest BCUT2D eigenvalue weighted by Gasteiger charge is 2.39. The van der Waals surface area contributed by atoms with Crippen molar-refractivity contribution in [3.05, 3.63) is 70.2 Å². The first-order valence-electron chi connectivity index (χ1n) is 9.26. The molecule has 0 aliphatic carbocycles. The Labute approximate surface area is 178 Å². The quantitative estimate of drug-likeness (QED) is 0.596. The summed E-state index contributed by atoms with van der Waals surface area (Å²) < 4.78 is 0.821. The number of halogens is 1. The molecule has 7 heteroatoms. The number of hydrogen-bond donors (Lipinski definition) is 2. The van der Waals surface area contributed by atoms with Crippen LogP contribution in [0.2, 0.25) is 0 Å². The van der Waals surface area contributed by atoms with E-state index >= 15 is 0 Å². The number of carboxylic acids is 1. The van der Waals surface area contributed by atoms with Gasteiger partial charge >= 0.3 is 5.97 Å². The van der Waals surface area contributed by atoms with Crippen LogP contribution in [-0.4, -0.2) is 39.4 Å². The molecule has 3 N–H and O–H groups in total. The van der Waals surface area contributed by atoms with E-state index < -0.39 is 23.5 Å². The van der Waals surface area contributed by atoms with Gasteiger partial charge in [-0.05, 0) is 56.5 Å². The highest BCUT2D eigenvalue weighted by atomic mass is 79.9. The molecule has 0 spiro atoms. The number of nitrogens with two attached hydrogens (primary N) is 1. The molecule has 2 rings (SSSR count). The normalized spacial score (nSPS) is 12.2. The molecule has 0 saturated heterocycles. The van der Waals surface area contributed by atoms with Gasteiger partial charge in [-0.2, -0.15) is 0 Å². The molecule has 0 aromatic heterocycles. The van der Waals surface area contributed by atoms with Gasteiger partial charge in [0.25, 0.3) is 5.91 Å². The van der Waals surface area contributed by atoms with Crippen molar-refractivity contribution in [1.29, 1.82) is 0 Å². The number of rotatable bonds is 9. The van der Waals surface area contributed by atoms with E-state index in [4.69, 9.17) is 10.8 Å². The number of nitrogens with zero attached hydrogens (tertiary/aromatic N) is 1. The lowest BCUT2D eigenvalue weighted by atomic mass is 9.89. The third-order valence-corrected chi connectivity index (χ3v) is 5.24. The van der Waals surface area contributed by atoms with Crippen LogP contribution in [-0.2, 0) is 16.0 Å². The summed E-state index contributed by atoms with van der Waals surface area (Å²) in [5, 5.41) is 9.09. The molecule has 0 heterocycles. The zero-order valence-electron chi connectivity index (χ0n) is 16.5. The average molecular weight is 461 g/mol. The van der Waals surface area contributed by atoms with Gasteiger partial charge in [-0.15, -0.1) is 0 Å². The van der Waals surface area contributed by atoms with Crippen molar-refractivity contribution in [1.82, 2.24) is 4.90 Å². The Kier molecular flexibility index (Phi) is 7.56. The Morgan fingerprint density at radius 3 is 2.17 bits per heavy atom. The second-order valence-electron chi connectivity index (χ2n) is 7.51. The molecule has 0 aliphatic heterocycles. The lowest BCUT2D eigenvalue weighted by Crippen LogP contribution is -2.58. The molecular formula is C22H25BrN2O4. The number of hydrogen-bond acceptors (Lipinski definition) is 3. The van der Waals surface area contributed by atoms with Gasteiger partial charge in [0.15, 0.2) is 0 Å². The van der Waals surface area contributed by atoms with Gasteiger partial charge < -0.3 is 15.7 Å². The summed E-state index contributed by atoms with van der Waals surface area (Å²) in [5.74, 6) is -2.14. The first kappa shape index (κ1) is 22.6. The summed E-state index contributed by atoms with van der Waals surface area (Å²) in [4.78, 5) is 38.3. The van der Waals surface area contributed by atoms with Gasteiger partial charge in [0, 0.05) is 22.0 Å². The molecule has 2 aromatic carbocycles. The molecule has 154 valence electrons. The minimum atomic E-state index is -1.05.